The van der Waals surface area contributed by atoms with E-state index in [1.54, 1.807) is 0 Å². The van der Waals surface area contributed by atoms with E-state index in [0.717, 1.165) is 0 Å². The standard InChI is InChI=1S/C46H28BN/c1-4-16-41-36(13-1)37-14-2-5-17-43(37)48-44-18-6-3-15-38(44)40-28-33(23-26-42(40)47(41)48)32-11-8-12-34(27-32)35-24-21-31-20-19-29-9-7-10-30-22-25-39(35)46(31)45(29)30/h1-28H. The molecule has 0 atom stereocenters. The van der Waals surface area contributed by atoms with Crippen LogP contribution in [0.2, 0.25) is 0 Å². The quantitative estimate of drug-likeness (QED) is 0.140. The molecular formula is C46H28BN. The first-order valence-corrected chi connectivity index (χ1v) is 16.8. The molecule has 220 valence electrons. The van der Waals surface area contributed by atoms with Gasteiger partial charge < -0.3 is 4.81 Å². The highest BCUT2D eigenvalue weighted by molar-refractivity contribution is 6.92. The van der Waals surface area contributed by atoms with Crippen molar-refractivity contribution in [3.63, 3.8) is 0 Å². The van der Waals surface area contributed by atoms with Gasteiger partial charge in [0, 0.05) is 22.5 Å². The van der Waals surface area contributed by atoms with E-state index in [1.807, 2.05) is 0 Å². The van der Waals surface area contributed by atoms with E-state index in [9.17, 15) is 0 Å². The van der Waals surface area contributed by atoms with Gasteiger partial charge in [-0.2, -0.15) is 0 Å². The summed E-state index contributed by atoms with van der Waals surface area (Å²) >= 11 is 0. The van der Waals surface area contributed by atoms with Gasteiger partial charge in [-0.05, 0) is 101 Å². The molecule has 0 saturated heterocycles. The van der Waals surface area contributed by atoms with Crippen LogP contribution in [0.15, 0.2) is 170 Å². The predicted molar refractivity (Wildman–Crippen MR) is 205 cm³/mol. The molecule has 9 aromatic rings. The van der Waals surface area contributed by atoms with Gasteiger partial charge in [0.1, 0.15) is 0 Å². The van der Waals surface area contributed by atoms with Gasteiger partial charge in [0.05, 0.1) is 0 Å². The molecule has 0 amide bonds. The summed E-state index contributed by atoms with van der Waals surface area (Å²) < 4.78 is 0. The maximum Gasteiger partial charge on any atom is 0.329 e. The first-order chi connectivity index (χ1) is 23.8. The van der Waals surface area contributed by atoms with Gasteiger partial charge in [0.15, 0.2) is 0 Å². The summed E-state index contributed by atoms with van der Waals surface area (Å²) in [6.45, 7) is 0.110. The van der Waals surface area contributed by atoms with Crippen LogP contribution in [0.3, 0.4) is 0 Å². The maximum absolute atomic E-state index is 2.56. The molecule has 2 heteroatoms. The molecule has 0 bridgehead atoms. The van der Waals surface area contributed by atoms with E-state index in [-0.39, 0.29) is 6.85 Å². The van der Waals surface area contributed by atoms with Crippen molar-refractivity contribution in [1.29, 1.82) is 0 Å². The van der Waals surface area contributed by atoms with Gasteiger partial charge in [-0.1, -0.05) is 146 Å². The lowest BCUT2D eigenvalue weighted by Gasteiger charge is -2.43. The normalized spacial score (nSPS) is 12.9. The van der Waals surface area contributed by atoms with Crippen molar-refractivity contribution in [3.8, 4) is 44.5 Å². The summed E-state index contributed by atoms with van der Waals surface area (Å²) in [6, 6.07) is 63.3. The van der Waals surface area contributed by atoms with Crippen LogP contribution < -0.4 is 15.7 Å². The van der Waals surface area contributed by atoms with Crippen molar-refractivity contribution in [1.82, 2.24) is 0 Å². The molecule has 0 aromatic heterocycles. The van der Waals surface area contributed by atoms with E-state index in [0.29, 0.717) is 0 Å². The number of hydrogen-bond donors (Lipinski definition) is 0. The molecule has 0 spiro atoms. The fraction of sp³-hybridized carbons (Fsp3) is 0. The SMILES string of the molecule is c1cc(-c2ccc3c(c2)-c2ccccc2N2B3c3ccccc3-c3ccccc32)cc(-c2ccc3ccc4cccc5ccc2c3c45)c1. The van der Waals surface area contributed by atoms with Gasteiger partial charge in [-0.3, -0.25) is 0 Å². The van der Waals surface area contributed by atoms with Crippen LogP contribution >= 0.6 is 0 Å². The second-order valence-electron chi connectivity index (χ2n) is 13.2. The van der Waals surface area contributed by atoms with Gasteiger partial charge in [0.25, 0.3) is 0 Å². The molecule has 0 aliphatic carbocycles. The summed E-state index contributed by atoms with van der Waals surface area (Å²) in [5.74, 6) is 0. The van der Waals surface area contributed by atoms with Crippen LogP contribution in [0.4, 0.5) is 11.4 Å². The Hall–Kier alpha value is -6.12. The summed E-state index contributed by atoms with van der Waals surface area (Å²) in [5.41, 5.74) is 15.4. The van der Waals surface area contributed by atoms with Crippen LogP contribution in [0.25, 0.3) is 76.8 Å². The Morgan fingerprint density at radius 1 is 0.333 bits per heavy atom. The fourth-order valence-corrected chi connectivity index (χ4v) is 8.72. The number of fused-ring (bicyclic) bond motifs is 11. The summed E-state index contributed by atoms with van der Waals surface area (Å²) in [5, 5.41) is 7.92. The first-order valence-electron chi connectivity index (χ1n) is 16.8. The Kier molecular flexibility index (Phi) is 5.26. The van der Waals surface area contributed by atoms with Crippen molar-refractivity contribution < 1.29 is 0 Å². The van der Waals surface area contributed by atoms with Gasteiger partial charge in [0.2, 0.25) is 0 Å². The van der Waals surface area contributed by atoms with Crippen LogP contribution in [0, 0.1) is 0 Å². The molecule has 11 rings (SSSR count). The third-order valence-electron chi connectivity index (χ3n) is 10.8. The summed E-state index contributed by atoms with van der Waals surface area (Å²) in [6.07, 6.45) is 0. The largest absolute Gasteiger partial charge is 0.376 e. The van der Waals surface area contributed by atoms with E-state index < -0.39 is 0 Å². The molecule has 0 saturated carbocycles. The van der Waals surface area contributed by atoms with Gasteiger partial charge in [-0.25, -0.2) is 0 Å². The monoisotopic (exact) mass is 605 g/mol. The van der Waals surface area contributed by atoms with Crippen molar-refractivity contribution in [2.75, 3.05) is 4.81 Å². The molecule has 0 fully saturated rings. The first kappa shape index (κ1) is 26.0. The number of hydrogen-bond acceptors (Lipinski definition) is 1. The third kappa shape index (κ3) is 3.52. The summed E-state index contributed by atoms with van der Waals surface area (Å²) in [7, 11) is 0. The topological polar surface area (TPSA) is 3.24 Å². The Bertz CT molecular complexity index is 2740. The molecule has 2 heterocycles. The Labute approximate surface area is 279 Å². The minimum atomic E-state index is 0.110. The second-order valence-corrected chi connectivity index (χ2v) is 13.2. The van der Waals surface area contributed by atoms with Crippen molar-refractivity contribution >= 4 is 61.5 Å². The predicted octanol–water partition coefficient (Wildman–Crippen LogP) is 10.8. The fourth-order valence-electron chi connectivity index (χ4n) is 8.72. The van der Waals surface area contributed by atoms with Crippen LogP contribution in [0.1, 0.15) is 0 Å². The molecule has 2 aliphatic heterocycles. The van der Waals surface area contributed by atoms with E-state index in [2.05, 4.69) is 175 Å². The zero-order valence-electron chi connectivity index (χ0n) is 26.2. The Morgan fingerprint density at radius 2 is 0.917 bits per heavy atom. The summed E-state index contributed by atoms with van der Waals surface area (Å²) in [4.78, 5) is 2.56. The average Bonchev–Trinajstić information content (AvgIpc) is 3.16. The lowest BCUT2D eigenvalue weighted by atomic mass is 9.43. The highest BCUT2D eigenvalue weighted by atomic mass is 15.1. The second kappa shape index (κ2) is 9.70. The van der Waals surface area contributed by atoms with Gasteiger partial charge in [-0.15, -0.1) is 0 Å². The zero-order valence-corrected chi connectivity index (χ0v) is 26.2. The number of rotatable bonds is 2. The maximum atomic E-state index is 2.56. The lowest BCUT2D eigenvalue weighted by molar-refractivity contribution is 1.35. The number of anilines is 2. The number of nitrogens with zero attached hydrogens (tertiary/aromatic N) is 1. The zero-order chi connectivity index (χ0) is 31.3. The highest BCUT2D eigenvalue weighted by Crippen LogP contribution is 2.46. The highest BCUT2D eigenvalue weighted by Gasteiger charge is 2.41. The molecule has 9 aromatic carbocycles. The molecule has 1 nitrogen and oxygen atoms in total. The van der Waals surface area contributed by atoms with Crippen LogP contribution in [-0.4, -0.2) is 6.85 Å². The molecule has 0 radical (unpaired) electrons. The Balaban J connectivity index is 1.09. The molecule has 0 unspecified atom stereocenters. The van der Waals surface area contributed by atoms with Crippen LogP contribution in [0.5, 0.6) is 0 Å². The Morgan fingerprint density at radius 3 is 1.73 bits per heavy atom. The average molecular weight is 606 g/mol. The molecule has 2 aliphatic rings. The van der Waals surface area contributed by atoms with E-state index >= 15 is 0 Å². The minimum Gasteiger partial charge on any atom is -0.376 e. The van der Waals surface area contributed by atoms with Crippen molar-refractivity contribution in [3.05, 3.63) is 170 Å². The number of benzene rings is 9. The van der Waals surface area contributed by atoms with Crippen molar-refractivity contribution in [2.45, 2.75) is 0 Å². The minimum absolute atomic E-state index is 0.110. The molecule has 48 heavy (non-hydrogen) atoms. The third-order valence-corrected chi connectivity index (χ3v) is 10.8. The number of para-hydroxylation sites is 2. The van der Waals surface area contributed by atoms with Gasteiger partial charge >= 0.3 is 6.85 Å². The van der Waals surface area contributed by atoms with E-state index in [4.69, 9.17) is 0 Å². The smallest absolute Gasteiger partial charge is 0.329 e. The van der Waals surface area contributed by atoms with Crippen molar-refractivity contribution in [2.24, 2.45) is 0 Å². The van der Waals surface area contributed by atoms with E-state index in [1.165, 1.54) is 99.1 Å². The molecular weight excluding hydrogens is 577 g/mol. The molecule has 0 N–H and O–H groups in total. The van der Waals surface area contributed by atoms with Crippen LogP contribution in [-0.2, 0) is 0 Å². The lowest BCUT2D eigenvalue weighted by Crippen LogP contribution is -2.59.